The maximum absolute atomic E-state index is 12.3. The fourth-order valence-electron chi connectivity index (χ4n) is 2.91. The highest BCUT2D eigenvalue weighted by Crippen LogP contribution is 2.24. The first kappa shape index (κ1) is 14.3. The van der Waals surface area contributed by atoms with E-state index in [1.54, 1.807) is 0 Å². The van der Waals surface area contributed by atoms with Crippen LogP contribution in [-0.4, -0.2) is 60.3 Å². The Balaban J connectivity index is 1.97. The van der Waals surface area contributed by atoms with Crippen molar-refractivity contribution in [2.45, 2.75) is 38.3 Å². The highest BCUT2D eigenvalue weighted by molar-refractivity contribution is 5.84. The number of amides is 1. The van der Waals surface area contributed by atoms with Gasteiger partial charge >= 0.3 is 5.97 Å². The summed E-state index contributed by atoms with van der Waals surface area (Å²) in [5.41, 5.74) is 0. The van der Waals surface area contributed by atoms with E-state index in [1.807, 2.05) is 6.92 Å². The minimum atomic E-state index is -0.900. The topological polar surface area (TPSA) is 78.9 Å². The molecule has 3 atom stereocenters. The van der Waals surface area contributed by atoms with E-state index in [4.69, 9.17) is 4.74 Å². The van der Waals surface area contributed by atoms with Crippen molar-refractivity contribution in [1.82, 2.24) is 10.2 Å². The molecule has 0 spiro atoms. The molecular weight excluding hydrogens is 248 g/mol. The molecule has 2 aliphatic rings. The van der Waals surface area contributed by atoms with E-state index in [9.17, 15) is 14.7 Å². The number of carboxylic acid groups (broad SMARTS) is 1. The van der Waals surface area contributed by atoms with Crippen LogP contribution in [0.4, 0.5) is 0 Å². The van der Waals surface area contributed by atoms with Crippen molar-refractivity contribution in [2.24, 2.45) is 5.92 Å². The smallest absolute Gasteiger partial charge is 0.326 e. The molecule has 0 aliphatic carbocycles. The zero-order valence-corrected chi connectivity index (χ0v) is 11.3. The quantitative estimate of drug-likeness (QED) is 0.759. The van der Waals surface area contributed by atoms with Crippen molar-refractivity contribution in [3.8, 4) is 0 Å². The number of nitrogens with zero attached hydrogens (tertiary/aromatic N) is 1. The van der Waals surface area contributed by atoms with Gasteiger partial charge in [-0.1, -0.05) is 6.92 Å². The van der Waals surface area contributed by atoms with Gasteiger partial charge in [-0.3, -0.25) is 4.79 Å². The molecule has 6 nitrogen and oxygen atoms in total. The summed E-state index contributed by atoms with van der Waals surface area (Å²) in [4.78, 5) is 25.1. The number of ether oxygens (including phenoxy) is 1. The Morgan fingerprint density at radius 2 is 2.26 bits per heavy atom. The maximum Gasteiger partial charge on any atom is 0.326 e. The molecule has 1 amide bonds. The summed E-state index contributed by atoms with van der Waals surface area (Å²) in [5, 5.41) is 12.5. The summed E-state index contributed by atoms with van der Waals surface area (Å²) in [6.07, 6.45) is 1.87. The van der Waals surface area contributed by atoms with Crippen LogP contribution >= 0.6 is 0 Å². The monoisotopic (exact) mass is 270 g/mol. The van der Waals surface area contributed by atoms with Crippen molar-refractivity contribution >= 4 is 11.9 Å². The molecule has 2 aliphatic heterocycles. The van der Waals surface area contributed by atoms with Crippen LogP contribution in [-0.2, 0) is 14.3 Å². The van der Waals surface area contributed by atoms with E-state index in [0.29, 0.717) is 19.7 Å². The van der Waals surface area contributed by atoms with Gasteiger partial charge in [-0.15, -0.1) is 0 Å². The summed E-state index contributed by atoms with van der Waals surface area (Å²) < 4.78 is 5.50. The zero-order chi connectivity index (χ0) is 13.8. The van der Waals surface area contributed by atoms with Crippen LogP contribution in [0.5, 0.6) is 0 Å². The molecule has 6 heteroatoms. The molecule has 0 saturated carbocycles. The van der Waals surface area contributed by atoms with Crippen LogP contribution in [0.1, 0.15) is 26.2 Å². The molecule has 0 aromatic heterocycles. The predicted octanol–water partition coefficient (Wildman–Crippen LogP) is 0.0766. The molecule has 108 valence electrons. The van der Waals surface area contributed by atoms with Crippen molar-refractivity contribution in [1.29, 1.82) is 0 Å². The third kappa shape index (κ3) is 3.45. The van der Waals surface area contributed by atoms with Gasteiger partial charge in [-0.05, 0) is 18.8 Å². The van der Waals surface area contributed by atoms with E-state index in [1.165, 1.54) is 4.90 Å². The third-order valence-corrected chi connectivity index (χ3v) is 3.91. The van der Waals surface area contributed by atoms with E-state index in [2.05, 4.69) is 5.32 Å². The Labute approximate surface area is 113 Å². The molecule has 2 fully saturated rings. The van der Waals surface area contributed by atoms with Gasteiger partial charge in [0, 0.05) is 19.6 Å². The first-order chi connectivity index (χ1) is 9.09. The number of hydrogen-bond acceptors (Lipinski definition) is 4. The Kier molecular flexibility index (Phi) is 4.76. The first-order valence-electron chi connectivity index (χ1n) is 6.94. The fourth-order valence-corrected chi connectivity index (χ4v) is 2.91. The van der Waals surface area contributed by atoms with Crippen LogP contribution in [0.25, 0.3) is 0 Å². The Hall–Kier alpha value is -1.14. The number of nitrogens with one attached hydrogen (secondary N) is 1. The van der Waals surface area contributed by atoms with Crippen LogP contribution in [0.2, 0.25) is 0 Å². The van der Waals surface area contributed by atoms with Crippen LogP contribution in [0.15, 0.2) is 0 Å². The second kappa shape index (κ2) is 6.34. The SMILES string of the molecule is CC1CCCN(C(=O)CC2CNCCO2)C1C(=O)O. The molecule has 0 aromatic carbocycles. The van der Waals surface area contributed by atoms with Crippen LogP contribution < -0.4 is 5.32 Å². The van der Waals surface area contributed by atoms with E-state index < -0.39 is 12.0 Å². The number of carbonyl (C=O) groups is 2. The van der Waals surface area contributed by atoms with Gasteiger partial charge in [-0.25, -0.2) is 4.79 Å². The Bertz CT molecular complexity index is 342. The number of morpholine rings is 1. The lowest BCUT2D eigenvalue weighted by Gasteiger charge is -2.38. The minimum absolute atomic E-state index is 0.0144. The molecule has 3 unspecified atom stereocenters. The number of likely N-dealkylation sites (tertiary alicyclic amines) is 1. The van der Waals surface area contributed by atoms with Crippen molar-refractivity contribution in [3.63, 3.8) is 0 Å². The van der Waals surface area contributed by atoms with Gasteiger partial charge in [0.1, 0.15) is 6.04 Å². The number of rotatable bonds is 3. The van der Waals surface area contributed by atoms with Crippen LogP contribution in [0, 0.1) is 5.92 Å². The van der Waals surface area contributed by atoms with Gasteiger partial charge < -0.3 is 20.1 Å². The summed E-state index contributed by atoms with van der Waals surface area (Å²) in [7, 11) is 0. The minimum Gasteiger partial charge on any atom is -0.480 e. The molecular formula is C13H22N2O4. The van der Waals surface area contributed by atoms with Crippen molar-refractivity contribution in [2.75, 3.05) is 26.2 Å². The number of piperidine rings is 1. The molecule has 0 radical (unpaired) electrons. The number of aliphatic carboxylic acids is 1. The molecule has 2 heterocycles. The average Bonchev–Trinajstić information content (AvgIpc) is 2.39. The van der Waals surface area contributed by atoms with Crippen molar-refractivity contribution < 1.29 is 19.4 Å². The summed E-state index contributed by atoms with van der Waals surface area (Å²) >= 11 is 0. The predicted molar refractivity (Wildman–Crippen MR) is 68.8 cm³/mol. The largest absolute Gasteiger partial charge is 0.480 e. The molecule has 0 aromatic rings. The highest BCUT2D eigenvalue weighted by Gasteiger charge is 2.37. The van der Waals surface area contributed by atoms with Crippen molar-refractivity contribution in [3.05, 3.63) is 0 Å². The van der Waals surface area contributed by atoms with Gasteiger partial charge in [0.15, 0.2) is 0 Å². The van der Waals surface area contributed by atoms with Gasteiger partial charge in [-0.2, -0.15) is 0 Å². The number of carbonyl (C=O) groups excluding carboxylic acids is 1. The third-order valence-electron chi connectivity index (χ3n) is 3.91. The summed E-state index contributed by atoms with van der Waals surface area (Å²) in [6.45, 7) is 4.52. The van der Waals surface area contributed by atoms with E-state index >= 15 is 0 Å². The highest BCUT2D eigenvalue weighted by atomic mass is 16.5. The first-order valence-corrected chi connectivity index (χ1v) is 6.94. The molecule has 0 bridgehead atoms. The molecule has 2 rings (SSSR count). The Morgan fingerprint density at radius 3 is 2.89 bits per heavy atom. The summed E-state index contributed by atoms with van der Waals surface area (Å²) in [5.74, 6) is -0.989. The van der Waals surface area contributed by atoms with Gasteiger partial charge in [0.25, 0.3) is 0 Å². The fraction of sp³-hybridized carbons (Fsp3) is 0.846. The summed E-state index contributed by atoms with van der Waals surface area (Å²) in [6, 6.07) is -0.683. The molecule has 2 N–H and O–H groups in total. The standard InChI is InChI=1S/C13H22N2O4/c1-9-3-2-5-15(12(9)13(17)18)11(16)7-10-8-14-4-6-19-10/h9-10,12,14H,2-8H2,1H3,(H,17,18). The second-order valence-electron chi connectivity index (χ2n) is 5.39. The van der Waals surface area contributed by atoms with Gasteiger partial charge in [0.2, 0.25) is 5.91 Å². The second-order valence-corrected chi connectivity index (χ2v) is 5.39. The molecule has 2 saturated heterocycles. The maximum atomic E-state index is 12.3. The number of hydrogen-bond donors (Lipinski definition) is 2. The van der Waals surface area contributed by atoms with E-state index in [0.717, 1.165) is 19.4 Å². The lowest BCUT2D eigenvalue weighted by atomic mass is 9.90. The molecule has 19 heavy (non-hydrogen) atoms. The lowest BCUT2D eigenvalue weighted by molar-refractivity contribution is -0.156. The lowest BCUT2D eigenvalue weighted by Crippen LogP contribution is -2.53. The zero-order valence-electron chi connectivity index (χ0n) is 11.3. The van der Waals surface area contributed by atoms with Gasteiger partial charge in [0.05, 0.1) is 19.1 Å². The number of carboxylic acids is 1. The normalized spacial score (nSPS) is 32.1. The average molecular weight is 270 g/mol. The van der Waals surface area contributed by atoms with Crippen LogP contribution in [0.3, 0.4) is 0 Å². The Morgan fingerprint density at radius 1 is 1.47 bits per heavy atom. The van der Waals surface area contributed by atoms with E-state index in [-0.39, 0.29) is 24.3 Å².